The zero-order valence-electron chi connectivity index (χ0n) is 12.5. The highest BCUT2D eigenvalue weighted by atomic mass is 16.4. The second kappa shape index (κ2) is 5.88. The number of phenols is 2. The number of hydrogen-bond donors (Lipinski definition) is 4. The number of aliphatic carboxylic acids is 2. The van der Waals surface area contributed by atoms with Crippen molar-refractivity contribution in [2.24, 2.45) is 11.8 Å². The summed E-state index contributed by atoms with van der Waals surface area (Å²) in [5, 5.41) is 37.8. The number of phenolic OH excluding ortho intramolecular Hbond substituents is 2. The number of benzene rings is 2. The molecule has 6 heteroatoms. The molecule has 0 aromatic heterocycles. The molecule has 0 amide bonds. The minimum absolute atomic E-state index is 0.0564. The Balaban J connectivity index is 2.06. The second-order valence-electron chi connectivity index (χ2n) is 5.96. The van der Waals surface area contributed by atoms with E-state index in [1.165, 1.54) is 24.3 Å². The van der Waals surface area contributed by atoms with Crippen molar-refractivity contribution in [3.05, 3.63) is 59.7 Å². The smallest absolute Gasteiger partial charge is 0.308 e. The second-order valence-corrected chi connectivity index (χ2v) is 5.96. The van der Waals surface area contributed by atoms with Gasteiger partial charge in [0, 0.05) is 11.8 Å². The fourth-order valence-electron chi connectivity index (χ4n) is 3.58. The first kappa shape index (κ1) is 15.9. The fraction of sp³-hybridized carbons (Fsp3) is 0.222. The van der Waals surface area contributed by atoms with Crippen LogP contribution in [0.4, 0.5) is 0 Å². The molecule has 0 aliphatic heterocycles. The van der Waals surface area contributed by atoms with E-state index in [1.54, 1.807) is 24.3 Å². The number of hydrogen-bond acceptors (Lipinski definition) is 4. The van der Waals surface area contributed by atoms with Gasteiger partial charge in [-0.1, -0.05) is 24.3 Å². The van der Waals surface area contributed by atoms with Crippen molar-refractivity contribution in [1.29, 1.82) is 0 Å². The number of carboxylic acids is 2. The van der Waals surface area contributed by atoms with E-state index in [-0.39, 0.29) is 11.5 Å². The maximum absolute atomic E-state index is 11.6. The monoisotopic (exact) mass is 328 g/mol. The standard InChI is InChI=1S/C18H16O6/c19-11-5-1-9(2-6-11)13-14(10-3-7-12(20)8-4-10)16(18(23)24)15(13)17(21)22/h1-8,13-16,19-20H,(H,21,22)(H,23,24)/t13-,14+,15+,16-. The van der Waals surface area contributed by atoms with Crippen LogP contribution >= 0.6 is 0 Å². The molecule has 6 nitrogen and oxygen atoms in total. The molecule has 124 valence electrons. The van der Waals surface area contributed by atoms with Crippen LogP contribution in [0, 0.1) is 11.8 Å². The minimum atomic E-state index is -1.16. The Morgan fingerprint density at radius 3 is 1.17 bits per heavy atom. The van der Waals surface area contributed by atoms with Crippen molar-refractivity contribution in [2.75, 3.05) is 0 Å². The van der Waals surface area contributed by atoms with Crippen molar-refractivity contribution < 1.29 is 30.0 Å². The van der Waals surface area contributed by atoms with Gasteiger partial charge in [0.1, 0.15) is 11.5 Å². The first-order chi connectivity index (χ1) is 11.4. The lowest BCUT2D eigenvalue weighted by atomic mass is 9.52. The number of carbonyl (C=O) groups is 2. The maximum atomic E-state index is 11.6. The summed E-state index contributed by atoms with van der Waals surface area (Å²) in [7, 11) is 0. The van der Waals surface area contributed by atoms with Crippen LogP contribution in [0.5, 0.6) is 11.5 Å². The van der Waals surface area contributed by atoms with E-state index in [2.05, 4.69) is 0 Å². The van der Waals surface area contributed by atoms with Gasteiger partial charge in [-0.2, -0.15) is 0 Å². The van der Waals surface area contributed by atoms with Crippen molar-refractivity contribution >= 4 is 11.9 Å². The molecule has 3 rings (SSSR count). The third-order valence-electron chi connectivity index (χ3n) is 4.67. The highest BCUT2D eigenvalue weighted by Gasteiger charge is 2.58. The molecular formula is C18H16O6. The molecule has 0 heterocycles. The van der Waals surface area contributed by atoms with Gasteiger partial charge in [0.15, 0.2) is 0 Å². The molecule has 1 aliphatic rings. The Kier molecular flexibility index (Phi) is 3.89. The van der Waals surface area contributed by atoms with E-state index in [0.29, 0.717) is 11.1 Å². The van der Waals surface area contributed by atoms with Gasteiger partial charge in [-0.3, -0.25) is 9.59 Å². The largest absolute Gasteiger partial charge is 0.508 e. The molecule has 1 saturated carbocycles. The van der Waals surface area contributed by atoms with Crippen LogP contribution in [0.2, 0.25) is 0 Å². The van der Waals surface area contributed by atoms with Gasteiger partial charge in [0.25, 0.3) is 0 Å². The summed E-state index contributed by atoms with van der Waals surface area (Å²) >= 11 is 0. The lowest BCUT2D eigenvalue weighted by Crippen LogP contribution is -2.51. The average Bonchev–Trinajstić information content (AvgIpc) is 2.49. The normalized spacial score (nSPS) is 25.7. The lowest BCUT2D eigenvalue weighted by molar-refractivity contribution is -0.164. The summed E-state index contributed by atoms with van der Waals surface area (Å²) in [5.74, 6) is -5.34. The molecule has 4 N–H and O–H groups in total. The Hall–Kier alpha value is -3.02. The first-order valence-corrected chi connectivity index (χ1v) is 7.43. The van der Waals surface area contributed by atoms with Crippen LogP contribution in [0.3, 0.4) is 0 Å². The summed E-state index contributed by atoms with van der Waals surface area (Å²) in [6.07, 6.45) is 0. The van der Waals surface area contributed by atoms with Crippen molar-refractivity contribution in [3.63, 3.8) is 0 Å². The molecule has 0 saturated heterocycles. The predicted octanol–water partition coefficient (Wildman–Crippen LogP) is 2.38. The fourth-order valence-corrected chi connectivity index (χ4v) is 3.58. The van der Waals surface area contributed by atoms with Crippen LogP contribution < -0.4 is 0 Å². The third kappa shape index (κ3) is 2.56. The minimum Gasteiger partial charge on any atom is -0.508 e. The van der Waals surface area contributed by atoms with Gasteiger partial charge in [0.05, 0.1) is 11.8 Å². The SMILES string of the molecule is O=C(O)[C@@H]1[C@H](C(=O)O)[C@@H](c2ccc(O)cc2)[C@H]1c1ccc(O)cc1. The number of rotatable bonds is 4. The zero-order chi connectivity index (χ0) is 17.4. The summed E-state index contributed by atoms with van der Waals surface area (Å²) in [4.78, 5) is 23.3. The van der Waals surface area contributed by atoms with E-state index in [4.69, 9.17) is 0 Å². The van der Waals surface area contributed by atoms with Crippen molar-refractivity contribution in [2.45, 2.75) is 11.8 Å². The van der Waals surface area contributed by atoms with E-state index in [0.717, 1.165) is 0 Å². The van der Waals surface area contributed by atoms with Crippen LogP contribution in [-0.2, 0) is 9.59 Å². The highest BCUT2D eigenvalue weighted by Crippen LogP contribution is 2.58. The molecule has 0 radical (unpaired) electrons. The zero-order valence-corrected chi connectivity index (χ0v) is 12.5. The summed E-state index contributed by atoms with van der Waals surface area (Å²) in [6.45, 7) is 0. The maximum Gasteiger partial charge on any atom is 0.308 e. The quantitative estimate of drug-likeness (QED) is 0.685. The molecule has 1 fully saturated rings. The highest BCUT2D eigenvalue weighted by molar-refractivity contribution is 5.85. The summed E-state index contributed by atoms with van der Waals surface area (Å²) < 4.78 is 0. The molecular weight excluding hydrogens is 312 g/mol. The van der Waals surface area contributed by atoms with Gasteiger partial charge in [-0.05, 0) is 35.4 Å². The van der Waals surface area contributed by atoms with Crippen LogP contribution in [0.15, 0.2) is 48.5 Å². The van der Waals surface area contributed by atoms with Crippen LogP contribution in [0.1, 0.15) is 23.0 Å². The van der Waals surface area contributed by atoms with Crippen LogP contribution in [0.25, 0.3) is 0 Å². The van der Waals surface area contributed by atoms with E-state index < -0.39 is 35.6 Å². The number of aromatic hydroxyl groups is 2. The average molecular weight is 328 g/mol. The molecule has 24 heavy (non-hydrogen) atoms. The summed E-state index contributed by atoms with van der Waals surface area (Å²) in [6, 6.07) is 12.3. The van der Waals surface area contributed by atoms with Crippen molar-refractivity contribution in [3.8, 4) is 11.5 Å². The molecule has 0 unspecified atom stereocenters. The topological polar surface area (TPSA) is 115 Å². The Morgan fingerprint density at radius 1 is 0.625 bits per heavy atom. The molecule has 0 spiro atoms. The summed E-state index contributed by atoms with van der Waals surface area (Å²) in [5.41, 5.74) is 1.33. The Morgan fingerprint density at radius 2 is 0.917 bits per heavy atom. The Bertz CT molecular complexity index is 698. The molecule has 2 aromatic carbocycles. The molecule has 2 aromatic rings. The molecule has 0 bridgehead atoms. The first-order valence-electron chi connectivity index (χ1n) is 7.43. The third-order valence-corrected chi connectivity index (χ3v) is 4.67. The van der Waals surface area contributed by atoms with Gasteiger partial charge in [-0.25, -0.2) is 0 Å². The van der Waals surface area contributed by atoms with E-state index in [1.807, 2.05) is 0 Å². The lowest BCUT2D eigenvalue weighted by Gasteiger charge is -2.48. The molecule has 1 aliphatic carbocycles. The van der Waals surface area contributed by atoms with Crippen LogP contribution in [-0.4, -0.2) is 32.4 Å². The van der Waals surface area contributed by atoms with E-state index in [9.17, 15) is 30.0 Å². The number of carboxylic acid groups (broad SMARTS) is 2. The van der Waals surface area contributed by atoms with Gasteiger partial charge in [-0.15, -0.1) is 0 Å². The van der Waals surface area contributed by atoms with E-state index >= 15 is 0 Å². The van der Waals surface area contributed by atoms with Gasteiger partial charge in [0.2, 0.25) is 0 Å². The van der Waals surface area contributed by atoms with Gasteiger partial charge >= 0.3 is 11.9 Å². The Labute approximate surface area is 137 Å². The van der Waals surface area contributed by atoms with Gasteiger partial charge < -0.3 is 20.4 Å². The molecule has 4 atom stereocenters. The predicted molar refractivity (Wildman–Crippen MR) is 83.9 cm³/mol. The van der Waals surface area contributed by atoms with Crippen molar-refractivity contribution in [1.82, 2.24) is 0 Å².